The zero-order valence-corrected chi connectivity index (χ0v) is 23.8. The van der Waals surface area contributed by atoms with Gasteiger partial charge >= 0.3 is 16.1 Å². The third-order valence-electron chi connectivity index (χ3n) is 6.14. The van der Waals surface area contributed by atoms with Crippen molar-refractivity contribution in [3.05, 3.63) is 126 Å². The highest BCUT2D eigenvalue weighted by molar-refractivity contribution is 7.87. The summed E-state index contributed by atoms with van der Waals surface area (Å²) in [5, 5.41) is 0.511. The van der Waals surface area contributed by atoms with Gasteiger partial charge in [-0.3, -0.25) is 9.36 Å². The van der Waals surface area contributed by atoms with Gasteiger partial charge in [-0.1, -0.05) is 71.5 Å². The van der Waals surface area contributed by atoms with Crippen LogP contribution in [0.2, 0.25) is 5.02 Å². The highest BCUT2D eigenvalue weighted by Crippen LogP contribution is 2.31. The summed E-state index contributed by atoms with van der Waals surface area (Å²) in [6, 6.07) is 20.4. The molecule has 11 heteroatoms. The number of ether oxygens (including phenoxy) is 1. The van der Waals surface area contributed by atoms with Gasteiger partial charge in [0.05, 0.1) is 28.5 Å². The molecular weight excluding hydrogens is 572 g/mol. The lowest BCUT2D eigenvalue weighted by molar-refractivity contribution is -0.139. The highest BCUT2D eigenvalue weighted by Gasteiger charge is 2.33. The zero-order chi connectivity index (χ0) is 28.4. The van der Waals surface area contributed by atoms with Gasteiger partial charge in [-0.05, 0) is 55.8 Å². The number of allylic oxidation sites excluding steroid dienone is 1. The SMILES string of the molecule is CCOC(=O)C1=C(C)N=c2sc(=Cc3ccccc3OS(=O)(=O)c3ccccc3)c(=O)n2[C@H]1c1ccc(Cl)cc1. The second-order valence-electron chi connectivity index (χ2n) is 8.74. The topological polar surface area (TPSA) is 104 Å². The first kappa shape index (κ1) is 27.6. The number of thiazole rings is 1. The molecule has 0 radical (unpaired) electrons. The van der Waals surface area contributed by atoms with E-state index in [9.17, 15) is 18.0 Å². The monoisotopic (exact) mass is 594 g/mol. The Morgan fingerprint density at radius 1 is 1.05 bits per heavy atom. The maximum atomic E-state index is 13.8. The third-order valence-corrected chi connectivity index (χ3v) is 8.62. The molecule has 2 heterocycles. The van der Waals surface area contributed by atoms with Crippen molar-refractivity contribution in [1.29, 1.82) is 0 Å². The molecule has 204 valence electrons. The van der Waals surface area contributed by atoms with Crippen LogP contribution in [0.1, 0.15) is 31.0 Å². The van der Waals surface area contributed by atoms with Crippen LogP contribution in [0.5, 0.6) is 5.75 Å². The molecule has 1 aromatic heterocycles. The maximum Gasteiger partial charge on any atom is 0.339 e. The standard InChI is InChI=1S/C29H23ClN2O6S2/c1-3-37-28(34)25-18(2)31-29-32(26(25)19-13-15-21(30)16-14-19)27(33)24(39-29)17-20-9-7-8-12-23(20)38-40(35,36)22-10-5-4-6-11-22/h4-17,26H,3H2,1-2H3/t26-/m0/s1. The van der Waals surface area contributed by atoms with E-state index in [1.165, 1.54) is 22.8 Å². The summed E-state index contributed by atoms with van der Waals surface area (Å²) in [5.74, 6) is -0.502. The van der Waals surface area contributed by atoms with Crippen molar-refractivity contribution in [3.63, 3.8) is 0 Å². The second-order valence-corrected chi connectivity index (χ2v) is 11.7. The molecule has 0 amide bonds. The number of carbonyl (C=O) groups excluding carboxylic acids is 1. The molecule has 8 nitrogen and oxygen atoms in total. The van der Waals surface area contributed by atoms with E-state index >= 15 is 0 Å². The number of hydrogen-bond acceptors (Lipinski definition) is 8. The molecule has 0 saturated carbocycles. The zero-order valence-electron chi connectivity index (χ0n) is 21.4. The lowest BCUT2D eigenvalue weighted by atomic mass is 9.96. The number of para-hydroxylation sites is 1. The van der Waals surface area contributed by atoms with E-state index in [1.807, 2.05) is 0 Å². The molecule has 0 bridgehead atoms. The fourth-order valence-electron chi connectivity index (χ4n) is 4.32. The average molecular weight is 595 g/mol. The van der Waals surface area contributed by atoms with Crippen LogP contribution in [0.4, 0.5) is 0 Å². The van der Waals surface area contributed by atoms with Gasteiger partial charge in [-0.2, -0.15) is 8.42 Å². The van der Waals surface area contributed by atoms with Gasteiger partial charge in [-0.25, -0.2) is 9.79 Å². The van der Waals surface area contributed by atoms with Crippen LogP contribution in [-0.4, -0.2) is 25.6 Å². The van der Waals surface area contributed by atoms with E-state index in [0.717, 1.165) is 11.3 Å². The van der Waals surface area contributed by atoms with Crippen molar-refractivity contribution in [2.45, 2.75) is 24.8 Å². The van der Waals surface area contributed by atoms with Gasteiger partial charge < -0.3 is 8.92 Å². The van der Waals surface area contributed by atoms with Crippen molar-refractivity contribution in [2.24, 2.45) is 4.99 Å². The molecule has 1 aliphatic rings. The number of aromatic nitrogens is 1. The summed E-state index contributed by atoms with van der Waals surface area (Å²) in [5.41, 5.74) is 1.33. The van der Waals surface area contributed by atoms with Crippen LogP contribution in [0, 0.1) is 0 Å². The highest BCUT2D eigenvalue weighted by atomic mass is 35.5. The molecule has 0 spiro atoms. The van der Waals surface area contributed by atoms with E-state index in [4.69, 9.17) is 20.5 Å². The third kappa shape index (κ3) is 5.38. The molecule has 40 heavy (non-hydrogen) atoms. The number of carbonyl (C=O) groups is 1. The Hall–Kier alpha value is -3.99. The van der Waals surface area contributed by atoms with Gasteiger partial charge in [-0.15, -0.1) is 0 Å². The molecule has 0 fully saturated rings. The van der Waals surface area contributed by atoms with Gasteiger partial charge in [0.2, 0.25) is 0 Å². The first-order valence-electron chi connectivity index (χ1n) is 12.2. The number of nitrogens with zero attached hydrogens (tertiary/aromatic N) is 2. The largest absolute Gasteiger partial charge is 0.463 e. The van der Waals surface area contributed by atoms with E-state index in [-0.39, 0.29) is 27.4 Å². The van der Waals surface area contributed by atoms with Gasteiger partial charge in [0.15, 0.2) is 4.80 Å². The molecule has 1 aliphatic heterocycles. The van der Waals surface area contributed by atoms with Gasteiger partial charge in [0, 0.05) is 10.6 Å². The summed E-state index contributed by atoms with van der Waals surface area (Å²) >= 11 is 7.23. The van der Waals surface area contributed by atoms with Crippen molar-refractivity contribution in [1.82, 2.24) is 4.57 Å². The van der Waals surface area contributed by atoms with E-state index in [1.54, 1.807) is 80.6 Å². The number of benzene rings is 3. The predicted molar refractivity (Wildman–Crippen MR) is 153 cm³/mol. The summed E-state index contributed by atoms with van der Waals surface area (Å²) in [4.78, 5) is 31.8. The van der Waals surface area contributed by atoms with Crippen LogP contribution in [0.15, 0.2) is 105 Å². The van der Waals surface area contributed by atoms with E-state index in [2.05, 4.69) is 4.99 Å². The Morgan fingerprint density at radius 3 is 2.42 bits per heavy atom. The van der Waals surface area contributed by atoms with E-state index < -0.39 is 27.7 Å². The molecule has 3 aromatic carbocycles. The van der Waals surface area contributed by atoms with Crippen molar-refractivity contribution < 1.29 is 22.1 Å². The summed E-state index contributed by atoms with van der Waals surface area (Å²) in [6.45, 7) is 3.57. The minimum atomic E-state index is -4.11. The molecule has 0 unspecified atom stereocenters. The first-order valence-corrected chi connectivity index (χ1v) is 14.8. The Kier molecular flexibility index (Phi) is 7.75. The lowest BCUT2D eigenvalue weighted by Crippen LogP contribution is -2.39. The number of halogens is 1. The van der Waals surface area contributed by atoms with E-state index in [0.29, 0.717) is 26.6 Å². The molecular formula is C29H23ClN2O6S2. The number of hydrogen-bond donors (Lipinski definition) is 0. The summed E-state index contributed by atoms with van der Waals surface area (Å²) < 4.78 is 38.2. The first-order chi connectivity index (χ1) is 19.2. The molecule has 5 rings (SSSR count). The van der Waals surface area contributed by atoms with Crippen molar-refractivity contribution >= 4 is 45.1 Å². The van der Waals surface area contributed by atoms with Gasteiger partial charge in [0.1, 0.15) is 10.6 Å². The smallest absolute Gasteiger partial charge is 0.339 e. The summed E-state index contributed by atoms with van der Waals surface area (Å²) in [6.07, 6.45) is 1.56. The molecule has 0 saturated heterocycles. The fraction of sp³-hybridized carbons (Fsp3) is 0.138. The maximum absolute atomic E-state index is 13.8. The Labute approximate surface area is 239 Å². The van der Waals surface area contributed by atoms with Crippen LogP contribution >= 0.6 is 22.9 Å². The average Bonchev–Trinajstić information content (AvgIpc) is 3.24. The van der Waals surface area contributed by atoms with Crippen LogP contribution in [-0.2, 0) is 19.6 Å². The molecule has 4 aromatic rings. The minimum absolute atomic E-state index is 0.00844. The second kappa shape index (κ2) is 11.2. The van der Waals surface area contributed by atoms with Crippen LogP contribution in [0.25, 0.3) is 6.08 Å². The fourth-order valence-corrected chi connectivity index (χ4v) is 6.46. The number of fused-ring (bicyclic) bond motifs is 1. The summed E-state index contributed by atoms with van der Waals surface area (Å²) in [7, 11) is -4.11. The Bertz CT molecular complexity index is 1910. The van der Waals surface area contributed by atoms with Crippen LogP contribution in [0.3, 0.4) is 0 Å². The van der Waals surface area contributed by atoms with Gasteiger partial charge in [0.25, 0.3) is 5.56 Å². The molecule has 0 N–H and O–H groups in total. The molecule has 0 aliphatic carbocycles. The van der Waals surface area contributed by atoms with Crippen LogP contribution < -0.4 is 19.1 Å². The van der Waals surface area contributed by atoms with Crippen molar-refractivity contribution in [2.75, 3.05) is 6.61 Å². The lowest BCUT2D eigenvalue weighted by Gasteiger charge is -2.24. The molecule has 1 atom stereocenters. The quantitative estimate of drug-likeness (QED) is 0.234. The Balaban J connectivity index is 1.65. The number of rotatable bonds is 7. The van der Waals surface area contributed by atoms with Crippen molar-refractivity contribution in [3.8, 4) is 5.75 Å². The Morgan fingerprint density at radius 2 is 1.73 bits per heavy atom. The predicted octanol–water partition coefficient (Wildman–Crippen LogP) is 4.22. The number of esters is 1. The minimum Gasteiger partial charge on any atom is -0.463 e. The normalized spacial score (nSPS) is 15.4.